The van der Waals surface area contributed by atoms with Gasteiger partial charge in [0.25, 0.3) is 0 Å². The van der Waals surface area contributed by atoms with E-state index in [2.05, 4.69) is 0 Å². The van der Waals surface area contributed by atoms with Crippen LogP contribution >= 0.6 is 0 Å². The highest BCUT2D eigenvalue weighted by Crippen LogP contribution is 2.43. The van der Waals surface area contributed by atoms with E-state index in [1.54, 1.807) is 6.92 Å². The van der Waals surface area contributed by atoms with Crippen LogP contribution in [0.2, 0.25) is 0 Å². The molecule has 120 valence electrons. The zero-order valence-corrected chi connectivity index (χ0v) is 11.9. The third-order valence-corrected chi connectivity index (χ3v) is 4.01. The first kappa shape index (κ1) is 16.6. The van der Waals surface area contributed by atoms with Gasteiger partial charge in [0.2, 0.25) is 0 Å². The molecule has 0 spiro atoms. The van der Waals surface area contributed by atoms with Gasteiger partial charge in [-0.15, -0.1) is 0 Å². The number of rotatable bonds is 3. The molecule has 1 aromatic carbocycles. The number of hydrogen-bond acceptors (Lipinski definition) is 3. The quantitative estimate of drug-likeness (QED) is 0.801. The Morgan fingerprint density at radius 3 is 2.41 bits per heavy atom. The Labute approximate surface area is 126 Å². The van der Waals surface area contributed by atoms with Crippen LogP contribution in [0.3, 0.4) is 0 Å². The topological polar surface area (TPSA) is 60.7 Å². The number of aliphatic hydroxyl groups excluding tert-OH is 1. The first-order valence-corrected chi connectivity index (χ1v) is 6.82. The van der Waals surface area contributed by atoms with Crippen LogP contribution in [0, 0.1) is 0 Å². The molecule has 3 nitrogen and oxygen atoms in total. The molecule has 2 atom stereocenters. The lowest BCUT2D eigenvalue weighted by atomic mass is 9.72. The van der Waals surface area contributed by atoms with Crippen LogP contribution in [-0.4, -0.2) is 20.9 Å². The Hall–Kier alpha value is -1.79. The van der Waals surface area contributed by atoms with Crippen LogP contribution in [0.5, 0.6) is 0 Å². The van der Waals surface area contributed by atoms with Crippen molar-refractivity contribution >= 4 is 0 Å². The highest BCUT2D eigenvalue weighted by Gasteiger charge is 2.49. The minimum atomic E-state index is -4.54. The summed E-state index contributed by atoms with van der Waals surface area (Å²) < 4.78 is 38.6. The van der Waals surface area contributed by atoms with Gasteiger partial charge in [0.15, 0.2) is 0 Å². The predicted molar refractivity (Wildman–Crippen MR) is 75.1 cm³/mol. The van der Waals surface area contributed by atoms with Gasteiger partial charge in [-0.05, 0) is 36.3 Å². The Balaban J connectivity index is 2.52. The SMILES string of the molecule is CCC(O)(c1cccc(C(F)(F)F)c1)C1(O)C=CC=C(O)C1. The molecular weight excluding hydrogens is 297 g/mol. The number of alkyl halides is 3. The molecule has 22 heavy (non-hydrogen) atoms. The van der Waals surface area contributed by atoms with Gasteiger partial charge >= 0.3 is 6.18 Å². The number of allylic oxidation sites excluding steroid dienone is 2. The van der Waals surface area contributed by atoms with Crippen molar-refractivity contribution < 1.29 is 28.5 Å². The fourth-order valence-corrected chi connectivity index (χ4v) is 2.71. The molecule has 0 bridgehead atoms. The summed E-state index contributed by atoms with van der Waals surface area (Å²) in [6, 6.07) is 4.24. The summed E-state index contributed by atoms with van der Waals surface area (Å²) in [4.78, 5) is 0. The molecule has 2 rings (SSSR count). The smallest absolute Gasteiger partial charge is 0.416 e. The maximum atomic E-state index is 12.9. The van der Waals surface area contributed by atoms with Gasteiger partial charge in [0.05, 0.1) is 11.3 Å². The van der Waals surface area contributed by atoms with Crippen LogP contribution in [0.25, 0.3) is 0 Å². The van der Waals surface area contributed by atoms with Crippen molar-refractivity contribution in [2.75, 3.05) is 0 Å². The summed E-state index contributed by atoms with van der Waals surface area (Å²) in [6.45, 7) is 1.56. The molecule has 0 heterocycles. The van der Waals surface area contributed by atoms with E-state index in [0.717, 1.165) is 12.1 Å². The Morgan fingerprint density at radius 1 is 1.23 bits per heavy atom. The van der Waals surface area contributed by atoms with Crippen LogP contribution in [0.4, 0.5) is 13.2 Å². The fraction of sp³-hybridized carbons (Fsp3) is 0.375. The predicted octanol–water partition coefficient (Wildman–Crippen LogP) is 3.44. The van der Waals surface area contributed by atoms with Gasteiger partial charge < -0.3 is 15.3 Å². The second-order valence-corrected chi connectivity index (χ2v) is 5.41. The van der Waals surface area contributed by atoms with Crippen molar-refractivity contribution in [2.45, 2.75) is 37.1 Å². The van der Waals surface area contributed by atoms with Gasteiger partial charge in [0.1, 0.15) is 11.2 Å². The summed E-state index contributed by atoms with van der Waals surface area (Å²) in [5, 5.41) is 31.2. The van der Waals surface area contributed by atoms with E-state index in [1.165, 1.54) is 30.4 Å². The first-order chi connectivity index (χ1) is 10.1. The standard InChI is InChI=1S/C16H17F3O3/c1-2-15(22,14(21)8-4-7-13(20)10-14)11-5-3-6-12(9-11)16(17,18)19/h3-9,20-22H,2,10H2,1H3. The van der Waals surface area contributed by atoms with Crippen LogP contribution in [0.1, 0.15) is 30.9 Å². The average Bonchev–Trinajstić information content (AvgIpc) is 2.45. The Morgan fingerprint density at radius 2 is 1.86 bits per heavy atom. The maximum absolute atomic E-state index is 12.9. The summed E-state index contributed by atoms with van der Waals surface area (Å²) in [5.41, 5.74) is -4.79. The minimum Gasteiger partial charge on any atom is -0.512 e. The molecule has 3 N–H and O–H groups in total. The van der Waals surface area contributed by atoms with Crippen molar-refractivity contribution in [3.8, 4) is 0 Å². The maximum Gasteiger partial charge on any atom is 0.416 e. The molecule has 1 aliphatic carbocycles. The van der Waals surface area contributed by atoms with E-state index in [0.29, 0.717) is 0 Å². The molecule has 2 unspecified atom stereocenters. The van der Waals surface area contributed by atoms with Gasteiger partial charge in [0, 0.05) is 6.42 Å². The molecule has 0 saturated heterocycles. The largest absolute Gasteiger partial charge is 0.512 e. The lowest BCUT2D eigenvalue weighted by Crippen LogP contribution is -2.51. The molecular formula is C16H17F3O3. The van der Waals surface area contributed by atoms with Gasteiger partial charge in [-0.25, -0.2) is 0 Å². The van der Waals surface area contributed by atoms with Crippen molar-refractivity contribution in [2.24, 2.45) is 0 Å². The zero-order chi connectivity index (χ0) is 16.6. The molecule has 0 aliphatic heterocycles. The molecule has 6 heteroatoms. The normalized spacial score (nSPS) is 24.7. The summed E-state index contributed by atoms with van der Waals surface area (Å²) >= 11 is 0. The van der Waals surface area contributed by atoms with Crippen molar-refractivity contribution in [1.82, 2.24) is 0 Å². The summed E-state index contributed by atoms with van der Waals surface area (Å²) in [6.07, 6.45) is -0.829. The lowest BCUT2D eigenvalue weighted by Gasteiger charge is -2.42. The number of benzene rings is 1. The van der Waals surface area contributed by atoms with Gasteiger partial charge in [-0.2, -0.15) is 13.2 Å². The number of hydrogen-bond donors (Lipinski definition) is 3. The first-order valence-electron chi connectivity index (χ1n) is 6.82. The third-order valence-electron chi connectivity index (χ3n) is 4.01. The minimum absolute atomic E-state index is 0.0254. The molecule has 0 radical (unpaired) electrons. The Bertz CT molecular complexity index is 621. The van der Waals surface area contributed by atoms with E-state index in [-0.39, 0.29) is 24.2 Å². The van der Waals surface area contributed by atoms with E-state index >= 15 is 0 Å². The number of aliphatic hydroxyl groups is 3. The molecule has 0 aromatic heterocycles. The molecule has 0 fully saturated rings. The fourth-order valence-electron chi connectivity index (χ4n) is 2.71. The second kappa shape index (κ2) is 5.44. The van der Waals surface area contributed by atoms with Crippen molar-refractivity contribution in [3.63, 3.8) is 0 Å². The second-order valence-electron chi connectivity index (χ2n) is 5.41. The molecule has 1 aliphatic rings. The van der Waals surface area contributed by atoms with E-state index in [4.69, 9.17) is 0 Å². The number of halogens is 3. The van der Waals surface area contributed by atoms with E-state index in [1.807, 2.05) is 0 Å². The highest BCUT2D eigenvalue weighted by atomic mass is 19.4. The zero-order valence-electron chi connectivity index (χ0n) is 11.9. The van der Waals surface area contributed by atoms with Crippen LogP contribution in [0.15, 0.2) is 48.3 Å². The monoisotopic (exact) mass is 314 g/mol. The Kier molecular flexibility index (Phi) is 4.10. The van der Waals surface area contributed by atoms with Crippen LogP contribution in [-0.2, 0) is 11.8 Å². The highest BCUT2D eigenvalue weighted by molar-refractivity contribution is 5.37. The van der Waals surface area contributed by atoms with Crippen molar-refractivity contribution in [1.29, 1.82) is 0 Å². The third kappa shape index (κ3) is 2.76. The molecule has 0 saturated carbocycles. The van der Waals surface area contributed by atoms with E-state index in [9.17, 15) is 28.5 Å². The van der Waals surface area contributed by atoms with Crippen LogP contribution < -0.4 is 0 Å². The average molecular weight is 314 g/mol. The van der Waals surface area contributed by atoms with E-state index < -0.39 is 22.9 Å². The van der Waals surface area contributed by atoms with Gasteiger partial charge in [-0.1, -0.05) is 25.1 Å². The van der Waals surface area contributed by atoms with Crippen molar-refractivity contribution in [3.05, 3.63) is 59.4 Å². The summed E-state index contributed by atoms with van der Waals surface area (Å²) in [7, 11) is 0. The van der Waals surface area contributed by atoms with Gasteiger partial charge in [-0.3, -0.25) is 0 Å². The molecule has 1 aromatic rings. The lowest BCUT2D eigenvalue weighted by molar-refractivity contribution is -0.142. The molecule has 0 amide bonds. The summed E-state index contributed by atoms with van der Waals surface area (Å²) in [5.74, 6) is -0.149.